The monoisotopic (exact) mass is 320 g/mol. The zero-order valence-electron chi connectivity index (χ0n) is 14.3. The lowest BCUT2D eigenvalue weighted by Crippen LogP contribution is -2.43. The maximum absolute atomic E-state index is 12.1. The third-order valence-electron chi connectivity index (χ3n) is 3.20. The smallest absolute Gasteiger partial charge is 0.337 e. The van der Waals surface area contributed by atoms with Gasteiger partial charge in [0.15, 0.2) is 6.61 Å². The van der Waals surface area contributed by atoms with Crippen LogP contribution >= 0.6 is 0 Å². The molecule has 0 saturated carbocycles. The Labute approximate surface area is 137 Å². The average molecular weight is 320 g/mol. The largest absolute Gasteiger partial charge is 0.465 e. The van der Waals surface area contributed by atoms with Crippen LogP contribution in [-0.4, -0.2) is 48.8 Å². The van der Waals surface area contributed by atoms with Crippen LogP contribution in [-0.2, 0) is 14.4 Å². The van der Waals surface area contributed by atoms with Crippen LogP contribution in [0.15, 0.2) is 29.4 Å². The van der Waals surface area contributed by atoms with Gasteiger partial charge >= 0.3 is 5.97 Å². The van der Waals surface area contributed by atoms with Crippen molar-refractivity contribution < 1.29 is 19.2 Å². The number of oxime groups is 1. The van der Waals surface area contributed by atoms with Gasteiger partial charge in [-0.05, 0) is 45.4 Å². The van der Waals surface area contributed by atoms with Gasteiger partial charge in [0.25, 0.3) is 5.91 Å². The van der Waals surface area contributed by atoms with Crippen LogP contribution in [0.5, 0.6) is 0 Å². The number of hydrogen-bond donors (Lipinski definition) is 0. The van der Waals surface area contributed by atoms with Gasteiger partial charge in [0.2, 0.25) is 0 Å². The van der Waals surface area contributed by atoms with Gasteiger partial charge in [-0.25, -0.2) is 4.79 Å². The van der Waals surface area contributed by atoms with E-state index in [9.17, 15) is 9.59 Å². The van der Waals surface area contributed by atoms with E-state index in [1.54, 1.807) is 29.2 Å². The molecule has 0 N–H and O–H groups in total. The lowest BCUT2D eigenvalue weighted by Gasteiger charge is -2.30. The first kappa shape index (κ1) is 18.7. The fourth-order valence-corrected chi connectivity index (χ4v) is 2.26. The number of carbonyl (C=O) groups excluding carboxylic acids is 2. The number of carbonyl (C=O) groups is 2. The van der Waals surface area contributed by atoms with Gasteiger partial charge in [0, 0.05) is 12.1 Å². The first-order valence-electron chi connectivity index (χ1n) is 7.51. The van der Waals surface area contributed by atoms with E-state index in [0.717, 1.165) is 5.56 Å². The van der Waals surface area contributed by atoms with Crippen LogP contribution in [0.3, 0.4) is 0 Å². The second-order valence-corrected chi connectivity index (χ2v) is 5.61. The summed E-state index contributed by atoms with van der Waals surface area (Å²) in [6.45, 7) is 7.75. The molecule has 0 aliphatic rings. The Morgan fingerprint density at radius 1 is 1.13 bits per heavy atom. The van der Waals surface area contributed by atoms with Crippen molar-refractivity contribution in [1.29, 1.82) is 0 Å². The van der Waals surface area contributed by atoms with E-state index in [0.29, 0.717) is 5.56 Å². The number of hydrogen-bond acceptors (Lipinski definition) is 5. The molecule has 1 rings (SSSR count). The molecule has 0 atom stereocenters. The van der Waals surface area contributed by atoms with Gasteiger partial charge < -0.3 is 14.5 Å². The summed E-state index contributed by atoms with van der Waals surface area (Å²) < 4.78 is 4.62. The molecule has 1 aromatic rings. The summed E-state index contributed by atoms with van der Waals surface area (Å²) in [4.78, 5) is 30.2. The van der Waals surface area contributed by atoms with Crippen LogP contribution in [0.1, 0.15) is 43.6 Å². The molecule has 0 saturated heterocycles. The number of amides is 1. The van der Waals surface area contributed by atoms with E-state index in [2.05, 4.69) is 9.89 Å². The van der Waals surface area contributed by atoms with Gasteiger partial charge in [-0.15, -0.1) is 0 Å². The van der Waals surface area contributed by atoms with Crippen LogP contribution in [0.2, 0.25) is 0 Å². The molecule has 1 amide bonds. The standard InChI is InChI=1S/C17H24N2O4/c1-12(2)19(13(3)4)16(20)11-23-18-10-14-6-8-15(9-7-14)17(21)22-5/h6-10,12-13H,11H2,1-5H3/b18-10+. The molecule has 0 heterocycles. The first-order valence-corrected chi connectivity index (χ1v) is 7.51. The number of ether oxygens (including phenoxy) is 1. The minimum atomic E-state index is -0.391. The van der Waals surface area contributed by atoms with Crippen molar-refractivity contribution in [2.45, 2.75) is 39.8 Å². The van der Waals surface area contributed by atoms with Crippen molar-refractivity contribution in [3.8, 4) is 0 Å². The maximum atomic E-state index is 12.1. The Morgan fingerprint density at radius 2 is 1.70 bits per heavy atom. The molecule has 0 aliphatic carbocycles. The van der Waals surface area contributed by atoms with Gasteiger partial charge in [0.05, 0.1) is 18.9 Å². The minimum Gasteiger partial charge on any atom is -0.465 e. The highest BCUT2D eigenvalue weighted by Crippen LogP contribution is 2.06. The van der Waals surface area contributed by atoms with E-state index in [1.807, 2.05) is 27.7 Å². The summed E-state index contributed by atoms with van der Waals surface area (Å²) in [5, 5.41) is 3.79. The van der Waals surface area contributed by atoms with E-state index in [-0.39, 0.29) is 24.6 Å². The molecular formula is C17H24N2O4. The molecule has 23 heavy (non-hydrogen) atoms. The zero-order valence-corrected chi connectivity index (χ0v) is 14.3. The number of methoxy groups -OCH3 is 1. The Kier molecular flexibility index (Phi) is 7.25. The SMILES string of the molecule is COC(=O)c1ccc(/C=N/OCC(=O)N(C(C)C)C(C)C)cc1. The van der Waals surface area contributed by atoms with Crippen LogP contribution in [0.4, 0.5) is 0 Å². The zero-order chi connectivity index (χ0) is 17.4. The highest BCUT2D eigenvalue weighted by molar-refractivity contribution is 5.90. The molecule has 0 unspecified atom stereocenters. The van der Waals surface area contributed by atoms with E-state index >= 15 is 0 Å². The van der Waals surface area contributed by atoms with Crippen molar-refractivity contribution in [1.82, 2.24) is 4.90 Å². The number of rotatable bonds is 7. The first-order chi connectivity index (χ1) is 10.9. The van der Waals surface area contributed by atoms with Crippen molar-refractivity contribution in [2.75, 3.05) is 13.7 Å². The summed E-state index contributed by atoms with van der Waals surface area (Å²) in [6.07, 6.45) is 1.49. The molecule has 0 bridgehead atoms. The Morgan fingerprint density at radius 3 is 2.17 bits per heavy atom. The van der Waals surface area contributed by atoms with Gasteiger partial charge in [-0.3, -0.25) is 4.79 Å². The second-order valence-electron chi connectivity index (χ2n) is 5.61. The molecule has 0 spiro atoms. The maximum Gasteiger partial charge on any atom is 0.337 e. The van der Waals surface area contributed by atoms with Crippen molar-refractivity contribution in [3.05, 3.63) is 35.4 Å². The van der Waals surface area contributed by atoms with E-state index in [4.69, 9.17) is 4.84 Å². The quantitative estimate of drug-likeness (QED) is 0.440. The molecule has 0 radical (unpaired) electrons. The molecule has 0 aromatic heterocycles. The fraction of sp³-hybridized carbons (Fsp3) is 0.471. The van der Waals surface area contributed by atoms with Crippen molar-refractivity contribution >= 4 is 18.1 Å². The Bertz CT molecular complexity index is 542. The molecule has 0 aliphatic heterocycles. The molecule has 126 valence electrons. The van der Waals surface area contributed by atoms with Crippen LogP contribution in [0, 0.1) is 0 Å². The van der Waals surface area contributed by atoms with Crippen LogP contribution in [0.25, 0.3) is 0 Å². The minimum absolute atomic E-state index is 0.104. The molecule has 6 heteroatoms. The molecule has 0 fully saturated rings. The van der Waals surface area contributed by atoms with Crippen molar-refractivity contribution in [3.63, 3.8) is 0 Å². The highest BCUT2D eigenvalue weighted by Gasteiger charge is 2.20. The molecule has 1 aromatic carbocycles. The fourth-order valence-electron chi connectivity index (χ4n) is 2.26. The Hall–Kier alpha value is -2.37. The third-order valence-corrected chi connectivity index (χ3v) is 3.20. The lowest BCUT2D eigenvalue weighted by molar-refractivity contribution is -0.139. The summed E-state index contributed by atoms with van der Waals surface area (Å²) in [6, 6.07) is 6.93. The summed E-state index contributed by atoms with van der Waals surface area (Å²) in [5.74, 6) is -0.494. The van der Waals surface area contributed by atoms with E-state index in [1.165, 1.54) is 13.3 Å². The Balaban J connectivity index is 2.53. The third kappa shape index (κ3) is 5.73. The molecular weight excluding hydrogens is 296 g/mol. The van der Waals surface area contributed by atoms with E-state index < -0.39 is 5.97 Å². The van der Waals surface area contributed by atoms with Gasteiger partial charge in [0.1, 0.15) is 0 Å². The number of esters is 1. The summed E-state index contributed by atoms with van der Waals surface area (Å²) in [7, 11) is 1.33. The lowest BCUT2D eigenvalue weighted by atomic mass is 10.1. The van der Waals surface area contributed by atoms with Crippen LogP contribution < -0.4 is 0 Å². The van der Waals surface area contributed by atoms with Gasteiger partial charge in [-0.2, -0.15) is 0 Å². The average Bonchev–Trinajstić information content (AvgIpc) is 2.50. The second kappa shape index (κ2) is 8.92. The number of nitrogens with zero attached hydrogens (tertiary/aromatic N) is 2. The van der Waals surface area contributed by atoms with Gasteiger partial charge in [-0.1, -0.05) is 17.3 Å². The topological polar surface area (TPSA) is 68.2 Å². The summed E-state index contributed by atoms with van der Waals surface area (Å²) >= 11 is 0. The molecule has 6 nitrogen and oxygen atoms in total. The predicted molar refractivity (Wildman–Crippen MR) is 88.4 cm³/mol. The normalized spacial score (nSPS) is 11.1. The summed E-state index contributed by atoms with van der Waals surface area (Å²) in [5.41, 5.74) is 1.22. The highest BCUT2D eigenvalue weighted by atomic mass is 16.6. The number of benzene rings is 1. The van der Waals surface area contributed by atoms with Crippen molar-refractivity contribution in [2.24, 2.45) is 5.16 Å². The predicted octanol–water partition coefficient (Wildman–Crippen LogP) is 2.47.